The van der Waals surface area contributed by atoms with Crippen LogP contribution in [-0.4, -0.2) is 86.4 Å². The van der Waals surface area contributed by atoms with Crippen LogP contribution >= 0.6 is 0 Å². The Labute approximate surface area is 557 Å². The van der Waals surface area contributed by atoms with Crippen LogP contribution in [0.5, 0.6) is 0 Å². The second-order valence-electron chi connectivity index (χ2n) is 27.0. The highest BCUT2D eigenvalue weighted by molar-refractivity contribution is 6.66. The molecule has 0 bridgehead atoms. The highest BCUT2D eigenvalue weighted by Gasteiger charge is 2.61. The molecule has 0 saturated carbocycles. The molecule has 7 heterocycles. The first-order chi connectivity index (χ1) is 45.6. The van der Waals surface area contributed by atoms with Gasteiger partial charge in [-0.05, 0) is 141 Å². The van der Waals surface area contributed by atoms with E-state index in [1.807, 2.05) is 0 Å². The van der Waals surface area contributed by atoms with Crippen molar-refractivity contribution >= 4 is 33.7 Å². The van der Waals surface area contributed by atoms with Gasteiger partial charge in [0.1, 0.15) is 22.4 Å². The minimum atomic E-state index is -0.425. The summed E-state index contributed by atoms with van der Waals surface area (Å²) in [5.74, 6) is 0.468. The van der Waals surface area contributed by atoms with Crippen molar-refractivity contribution in [1.29, 1.82) is 0 Å². The van der Waals surface area contributed by atoms with E-state index in [4.69, 9.17) is 18.6 Å². The van der Waals surface area contributed by atoms with E-state index in [0.29, 0.717) is 24.0 Å². The van der Waals surface area contributed by atoms with Gasteiger partial charge in [-0.3, -0.25) is 0 Å². The van der Waals surface area contributed by atoms with E-state index in [1.54, 1.807) is 0 Å². The second kappa shape index (κ2) is 28.9. The van der Waals surface area contributed by atoms with Gasteiger partial charge in [0, 0.05) is 24.2 Å². The summed E-state index contributed by atoms with van der Waals surface area (Å²) < 4.78 is 27.1. The lowest BCUT2D eigenvalue weighted by Gasteiger charge is -2.38. The fraction of sp³-hybridized carbons (Fsp3) is 0.333. The van der Waals surface area contributed by atoms with E-state index >= 15 is 0 Å². The molecule has 0 unspecified atom stereocenters. The number of hydrogen-bond donors (Lipinski definition) is 1. The highest BCUT2D eigenvalue weighted by atomic mass is 16.5. The van der Waals surface area contributed by atoms with Gasteiger partial charge in [0.15, 0.2) is 0 Å². The van der Waals surface area contributed by atoms with Crippen molar-refractivity contribution in [2.24, 2.45) is 5.92 Å². The molecule has 9 aromatic carbocycles. The average Bonchev–Trinajstić information content (AvgIpc) is 1.61. The summed E-state index contributed by atoms with van der Waals surface area (Å²) in [6.07, 6.45) is 10.9. The lowest BCUT2D eigenvalue weighted by molar-refractivity contribution is 0.0954. The molecule has 0 amide bonds. The number of nitrogens with zero attached hydrogens (tertiary/aromatic N) is 3. The number of nitrogens with one attached hydrogen (secondary N) is 1. The molecule has 0 spiro atoms. The number of unbranched alkanes of at least 4 members (excludes halogenated alkanes) is 1. The highest BCUT2D eigenvalue weighted by Crippen LogP contribution is 2.53. The smallest absolute Gasteiger partial charge is 0.406 e. The number of hydrogen-bond acceptors (Lipinski definition) is 8. The number of fused-ring (bicyclic) bond motifs is 3. The van der Waals surface area contributed by atoms with Crippen LogP contribution in [0.1, 0.15) is 122 Å². The van der Waals surface area contributed by atoms with Gasteiger partial charge in [-0.15, -0.1) is 0 Å². The van der Waals surface area contributed by atoms with Crippen LogP contribution in [-0.2, 0) is 41.0 Å². The molecule has 8 nitrogen and oxygen atoms in total. The van der Waals surface area contributed by atoms with Crippen LogP contribution in [0, 0.1) is 12.8 Å². The molecular formula is C81H92B4N4O4. The predicted molar refractivity (Wildman–Crippen MR) is 385 cm³/mol. The maximum absolute atomic E-state index is 7.08. The van der Waals surface area contributed by atoms with Crippen molar-refractivity contribution in [2.75, 3.05) is 19.6 Å². The summed E-state index contributed by atoms with van der Waals surface area (Å²) in [5.41, 5.74) is 11.2. The van der Waals surface area contributed by atoms with Gasteiger partial charge in [-0.1, -0.05) is 306 Å². The largest absolute Gasteiger partial charge is 0.420 e. The van der Waals surface area contributed by atoms with E-state index in [-0.39, 0.29) is 45.4 Å². The van der Waals surface area contributed by atoms with Crippen LogP contribution in [0.2, 0.25) is 20.0 Å². The molecular weight excluding hydrogens is 1140 g/mol. The first-order valence-electron chi connectivity index (χ1n) is 34.9. The Bertz CT molecular complexity index is 3540. The minimum Gasteiger partial charge on any atom is -0.406 e. The third-order valence-electron chi connectivity index (χ3n) is 21.2. The Morgan fingerprint density at radius 2 is 0.742 bits per heavy atom. The average molecular weight is 1230 g/mol. The summed E-state index contributed by atoms with van der Waals surface area (Å²) in [4.78, 5) is 7.75. The molecule has 7 fully saturated rings. The molecule has 12 heteroatoms. The zero-order valence-corrected chi connectivity index (χ0v) is 55.6. The Hall–Kier alpha value is -7.08. The number of rotatable bonds is 13. The van der Waals surface area contributed by atoms with E-state index in [1.165, 1.54) is 107 Å². The molecule has 0 aromatic heterocycles. The van der Waals surface area contributed by atoms with Crippen molar-refractivity contribution in [3.05, 3.63) is 317 Å². The summed E-state index contributed by atoms with van der Waals surface area (Å²) in [6.45, 7) is 16.6. The predicted octanol–water partition coefficient (Wildman–Crippen LogP) is 16.1. The van der Waals surface area contributed by atoms with Gasteiger partial charge in [-0.2, -0.15) is 0 Å². The Kier molecular flexibility index (Phi) is 20.1. The zero-order valence-electron chi connectivity index (χ0n) is 55.6. The molecule has 7 aliphatic heterocycles. The molecule has 16 rings (SSSR count). The van der Waals surface area contributed by atoms with Crippen molar-refractivity contribution < 1.29 is 18.6 Å². The first-order valence-corrected chi connectivity index (χ1v) is 34.9. The van der Waals surface area contributed by atoms with Crippen molar-refractivity contribution in [3.8, 4) is 0 Å². The molecule has 472 valence electrons. The third-order valence-corrected chi connectivity index (χ3v) is 21.2. The van der Waals surface area contributed by atoms with Crippen LogP contribution < -0.4 is 10.7 Å². The van der Waals surface area contributed by atoms with Crippen LogP contribution in [0.3, 0.4) is 0 Å². The van der Waals surface area contributed by atoms with Crippen LogP contribution in [0.25, 0.3) is 0 Å². The summed E-state index contributed by atoms with van der Waals surface area (Å²) >= 11 is 0. The fourth-order valence-electron chi connectivity index (χ4n) is 17.2. The second-order valence-corrected chi connectivity index (χ2v) is 27.0. The summed E-state index contributed by atoms with van der Waals surface area (Å²) in [6, 6.07) is 96.0. The summed E-state index contributed by atoms with van der Waals surface area (Å²) in [7, 11) is 0.465. The van der Waals surface area contributed by atoms with Crippen molar-refractivity contribution in [3.63, 3.8) is 0 Å². The Morgan fingerprint density at radius 3 is 1.14 bits per heavy atom. The van der Waals surface area contributed by atoms with E-state index in [9.17, 15) is 0 Å². The molecule has 0 radical (unpaired) electrons. The fourth-order valence-corrected chi connectivity index (χ4v) is 17.2. The van der Waals surface area contributed by atoms with Crippen LogP contribution in [0.4, 0.5) is 0 Å². The molecule has 1 N–H and O–H groups in total. The lowest BCUT2D eigenvalue weighted by Crippen LogP contribution is -2.46. The maximum Gasteiger partial charge on any atom is 0.420 e. The van der Waals surface area contributed by atoms with Gasteiger partial charge < -0.3 is 38.3 Å². The van der Waals surface area contributed by atoms with Gasteiger partial charge in [-0.25, -0.2) is 0 Å². The molecule has 93 heavy (non-hydrogen) atoms. The zero-order chi connectivity index (χ0) is 63.8. The van der Waals surface area contributed by atoms with E-state index in [0.717, 1.165) is 25.8 Å². The van der Waals surface area contributed by atoms with E-state index < -0.39 is 11.2 Å². The third kappa shape index (κ3) is 12.3. The maximum atomic E-state index is 7.08. The Balaban J connectivity index is 0.000000114. The van der Waals surface area contributed by atoms with Gasteiger partial charge in [0.25, 0.3) is 0 Å². The molecule has 7 aliphatic rings. The molecule has 7 saturated heterocycles. The van der Waals surface area contributed by atoms with Crippen molar-refractivity contribution in [2.45, 2.75) is 146 Å². The lowest BCUT2D eigenvalue weighted by atomic mass is 9.70. The topological polar surface area (TPSA) is 58.7 Å². The normalized spacial score (nSPS) is 22.3. The molecule has 9 aromatic rings. The number of benzene rings is 9. The summed E-state index contributed by atoms with van der Waals surface area (Å²) in [5, 5.41) is 3.62. The monoisotopic (exact) mass is 1230 g/mol. The standard InChI is InChI=1S/C24H24BNO.C21H26BNO.C18H20BNO.C18H22BNO/c1-19-11-8-9-16-22(19)25-26-18-10-17-23(26)24(27-25,20-12-4-2-5-13-20)21-14-6-3-7-15-21;1-2-3-16-22-23-17-10-15-20(23)21(24-22,18-11-6-4-7-12-18)19-13-8-5-9-14-19;1-19-20-14-8-13-17(20)18(21-19,15-9-4-2-5-10-15)16-11-6-3-7-12-16;1-14(2)17-18(21-19(3)20-17,15-10-6-4-7-11-15)16-12-8-5-9-13-16/h2-9,11-16,23H,10,17-18H2,1H3;4-9,11-14,20H,2-3,10,15-17H2,1H3;2-7,9-12,17H,8,13-14H2,1H3;4-14,17,20H,1-3H3/t23-;20-;2*17-/m1111/s1. The quantitative estimate of drug-likeness (QED) is 0.115. The number of aryl methyl sites for hydroxylation is 1. The van der Waals surface area contributed by atoms with Gasteiger partial charge in [0.05, 0.1) is 0 Å². The van der Waals surface area contributed by atoms with Crippen LogP contribution in [0.15, 0.2) is 267 Å². The first kappa shape index (κ1) is 64.6. The van der Waals surface area contributed by atoms with Gasteiger partial charge >= 0.3 is 28.2 Å². The Morgan fingerprint density at radius 1 is 0.409 bits per heavy atom. The van der Waals surface area contributed by atoms with E-state index in [2.05, 4.69) is 328 Å². The molecule has 0 aliphatic carbocycles. The SMILES string of the molecule is CB1N[C@H](C(C)C)C(c2ccccc2)(c2ccccc2)O1.CB1OC(c2ccccc2)(c2ccccc2)[C@H]2CCCN12.CCCCB1OC(c2ccccc2)(c2ccccc2)[C@H]2CCCN12.Cc1ccccc1B1OC(c2ccccc2)(c2ccccc2)[C@H]2CCCN12. The minimum absolute atomic E-state index is 0.000822. The van der Waals surface area contributed by atoms with Gasteiger partial charge in [0.2, 0.25) is 0 Å². The molecule has 4 atom stereocenters. The van der Waals surface area contributed by atoms with Crippen molar-refractivity contribution in [1.82, 2.24) is 19.7 Å².